The van der Waals surface area contributed by atoms with Crippen molar-refractivity contribution >= 4 is 61.0 Å². The van der Waals surface area contributed by atoms with Crippen LogP contribution >= 0.6 is 38.1 Å². The largest absolute Gasteiger partial charge is 0.387 e. The number of carbonyl (C=O) groups excluding carboxylic acids is 1. The number of rotatable bonds is 3. The summed E-state index contributed by atoms with van der Waals surface area (Å²) in [6.45, 7) is -8.56. The smallest absolute Gasteiger partial charge is 0.386 e. The molecule has 2 bridgehead atoms. The Morgan fingerprint density at radius 2 is 1.83 bits per heavy atom. The third kappa shape index (κ3) is 5.85. The third-order valence-corrected chi connectivity index (χ3v) is 10.9. The van der Waals surface area contributed by atoms with E-state index in [1.54, 1.807) is 6.33 Å². The molecule has 1 saturated carbocycles. The summed E-state index contributed by atoms with van der Waals surface area (Å²) in [5.74, 6) is -1.10. The van der Waals surface area contributed by atoms with Gasteiger partial charge in [0.2, 0.25) is 0 Å². The van der Waals surface area contributed by atoms with E-state index in [0.717, 1.165) is 0 Å². The van der Waals surface area contributed by atoms with Crippen LogP contribution in [0.3, 0.4) is 0 Å². The van der Waals surface area contributed by atoms with Gasteiger partial charge in [-0.15, -0.1) is 0 Å². The van der Waals surface area contributed by atoms with Crippen molar-refractivity contribution < 1.29 is 41.9 Å². The normalized spacial score (nSPS) is 37.5. The first-order chi connectivity index (χ1) is 19.9. The lowest BCUT2D eigenvalue weighted by molar-refractivity contribution is -0.0239. The van der Waals surface area contributed by atoms with Crippen LogP contribution in [-0.2, 0) is 32.0 Å². The van der Waals surface area contributed by atoms with Crippen LogP contribution in [-0.4, -0.2) is 73.6 Å². The molecular formula is C22H27N7O9P2S2. The van der Waals surface area contributed by atoms with E-state index in [2.05, 4.69) is 44.4 Å². The number of amides is 1. The highest BCUT2D eigenvalue weighted by atomic mass is 32.7. The molecule has 3 aromatic heterocycles. The van der Waals surface area contributed by atoms with Gasteiger partial charge in [0.1, 0.15) is 42.0 Å². The Bertz CT molecular complexity index is 1620. The molecule has 0 aromatic carbocycles. The zero-order valence-corrected chi connectivity index (χ0v) is 25.2. The lowest BCUT2D eigenvalue weighted by Crippen LogP contribution is -2.43. The SMILES string of the molecule is NC(=O)c1cc([C@@H]2O[C@@H]3CO[P@@](=O)(S)OC[C@@H]4[C@@H](CO[P@](=O)(S)O[C@@H]2[C@@H]3O)C[C@H]4n2cnc3c(N)ncnc32)ccn1. The van der Waals surface area contributed by atoms with Crippen molar-refractivity contribution in [3.8, 4) is 0 Å². The van der Waals surface area contributed by atoms with Gasteiger partial charge in [0, 0.05) is 18.2 Å². The van der Waals surface area contributed by atoms with Crippen molar-refractivity contribution in [1.82, 2.24) is 24.5 Å². The summed E-state index contributed by atoms with van der Waals surface area (Å²) in [6.07, 6.45) is -0.0927. The standard InChI is InChI=1S/C22H27N7O9P2S2/c23-20-16-22(27-8-26-20)29(9-28-16)14-4-11-5-34-40(33,42)38-19-17(30)15(7-36-39(32,41)35-6-12(11)14)37-18(19)10-1-2-25-13(3-10)21(24)31/h1-3,8-9,11-12,14-15,17-19,30H,4-7H2,(H2,24,31)(H,32,41)(H,33,42)(H2,23,26,27)/t11-,12-,14-,15-,17-,18+,19-,39+,40+/m1/s1. The van der Waals surface area contributed by atoms with Crippen molar-refractivity contribution in [3.05, 3.63) is 42.2 Å². The molecule has 5 heterocycles. The average Bonchev–Trinajstić information content (AvgIpc) is 3.48. The first kappa shape index (κ1) is 29.9. The van der Waals surface area contributed by atoms with Crippen LogP contribution in [0, 0.1) is 11.8 Å². The Kier molecular flexibility index (Phi) is 8.15. The highest BCUT2D eigenvalue weighted by molar-refractivity contribution is 8.44. The highest BCUT2D eigenvalue weighted by Crippen LogP contribution is 2.60. The van der Waals surface area contributed by atoms with E-state index >= 15 is 0 Å². The molecule has 5 N–H and O–H groups in total. The third-order valence-electron chi connectivity index (χ3n) is 7.63. The number of pyridine rings is 1. The van der Waals surface area contributed by atoms with E-state index in [1.165, 1.54) is 24.7 Å². The summed E-state index contributed by atoms with van der Waals surface area (Å²) in [7, 11) is 0. The molecule has 226 valence electrons. The number of thiol groups is 2. The van der Waals surface area contributed by atoms with Gasteiger partial charge in [-0.3, -0.25) is 18.8 Å². The lowest BCUT2D eigenvalue weighted by atomic mass is 9.70. The van der Waals surface area contributed by atoms with Gasteiger partial charge in [0.15, 0.2) is 11.5 Å². The molecule has 9 atom stereocenters. The molecule has 16 nitrogen and oxygen atoms in total. The fourth-order valence-electron chi connectivity index (χ4n) is 5.43. The first-order valence-corrected chi connectivity index (χ1v) is 18.1. The number of aliphatic hydroxyl groups is 1. The predicted octanol–water partition coefficient (Wildman–Crippen LogP) is 2.10. The Hall–Kier alpha value is -2.11. The van der Waals surface area contributed by atoms with Crippen LogP contribution in [0.5, 0.6) is 0 Å². The molecule has 0 radical (unpaired) electrons. The second-order valence-electron chi connectivity index (χ2n) is 10.1. The van der Waals surface area contributed by atoms with Crippen molar-refractivity contribution in [2.45, 2.75) is 36.9 Å². The zero-order valence-electron chi connectivity index (χ0n) is 21.6. The average molecular weight is 660 g/mol. The van der Waals surface area contributed by atoms with Gasteiger partial charge < -0.3 is 34.9 Å². The lowest BCUT2D eigenvalue weighted by Gasteiger charge is -2.45. The number of hydrogen-bond acceptors (Lipinski definition) is 14. The van der Waals surface area contributed by atoms with Gasteiger partial charge in [-0.2, -0.15) is 0 Å². The van der Waals surface area contributed by atoms with Crippen LogP contribution in [0.15, 0.2) is 31.0 Å². The van der Waals surface area contributed by atoms with Gasteiger partial charge >= 0.3 is 13.6 Å². The number of carbonyl (C=O) groups is 1. The maximum absolute atomic E-state index is 13.4. The van der Waals surface area contributed by atoms with Gasteiger partial charge in [-0.05, 0) is 30.0 Å². The molecule has 3 fully saturated rings. The van der Waals surface area contributed by atoms with Crippen LogP contribution in [0.4, 0.5) is 5.82 Å². The number of aromatic nitrogens is 5. The number of nitrogens with zero attached hydrogens (tertiary/aromatic N) is 5. The Morgan fingerprint density at radius 3 is 2.62 bits per heavy atom. The predicted molar refractivity (Wildman–Crippen MR) is 153 cm³/mol. The summed E-state index contributed by atoms with van der Waals surface area (Å²) in [4.78, 5) is 28.2. The maximum Gasteiger partial charge on any atom is 0.386 e. The van der Waals surface area contributed by atoms with Gasteiger partial charge in [0.25, 0.3) is 5.91 Å². The van der Waals surface area contributed by atoms with E-state index in [0.29, 0.717) is 23.1 Å². The molecule has 2 aliphatic heterocycles. The number of primary amides is 1. The van der Waals surface area contributed by atoms with Crippen LogP contribution in [0.2, 0.25) is 0 Å². The molecule has 2 saturated heterocycles. The highest BCUT2D eigenvalue weighted by Gasteiger charge is 2.50. The number of ether oxygens (including phenoxy) is 1. The molecule has 20 heteroatoms. The Morgan fingerprint density at radius 1 is 1.07 bits per heavy atom. The molecule has 6 rings (SSSR count). The number of fused-ring (bicyclic) bond motifs is 4. The Labute approximate surface area is 249 Å². The minimum absolute atomic E-state index is 0.0566. The van der Waals surface area contributed by atoms with Crippen molar-refractivity contribution in [2.75, 3.05) is 25.6 Å². The van der Waals surface area contributed by atoms with E-state index in [4.69, 9.17) is 34.3 Å². The molecule has 0 spiro atoms. The molecule has 3 aromatic rings. The Balaban J connectivity index is 1.27. The second-order valence-corrected chi connectivity index (χ2v) is 15.9. The maximum atomic E-state index is 13.4. The van der Waals surface area contributed by atoms with Crippen molar-refractivity contribution in [1.29, 1.82) is 0 Å². The number of nitrogens with two attached hydrogens (primary N) is 2. The topological polar surface area (TPSA) is 226 Å². The molecular weight excluding hydrogens is 632 g/mol. The number of nitrogen functional groups attached to an aromatic ring is 1. The molecule has 1 amide bonds. The molecule has 0 unspecified atom stereocenters. The molecule has 1 aliphatic carbocycles. The van der Waals surface area contributed by atoms with Crippen LogP contribution in [0.1, 0.15) is 34.6 Å². The van der Waals surface area contributed by atoms with Crippen LogP contribution < -0.4 is 11.5 Å². The number of hydrogen-bond donors (Lipinski definition) is 5. The van der Waals surface area contributed by atoms with E-state index in [9.17, 15) is 19.0 Å². The van der Waals surface area contributed by atoms with Crippen molar-refractivity contribution in [2.24, 2.45) is 17.6 Å². The van der Waals surface area contributed by atoms with Crippen molar-refractivity contribution in [3.63, 3.8) is 0 Å². The quantitative estimate of drug-likeness (QED) is 0.201. The fraction of sp³-hybridized carbons (Fsp3) is 0.500. The first-order valence-electron chi connectivity index (χ1n) is 12.7. The second kappa shape index (κ2) is 11.4. The summed E-state index contributed by atoms with van der Waals surface area (Å²) in [6, 6.07) is 2.67. The van der Waals surface area contributed by atoms with Gasteiger partial charge in [0.05, 0.1) is 26.1 Å². The fourth-order valence-corrected chi connectivity index (χ4v) is 8.11. The zero-order chi connectivity index (χ0) is 29.8. The van der Waals surface area contributed by atoms with Gasteiger partial charge in [-0.1, -0.05) is 24.5 Å². The summed E-state index contributed by atoms with van der Waals surface area (Å²) in [5, 5.41) is 11.1. The van der Waals surface area contributed by atoms with E-state index in [1.807, 2.05) is 4.57 Å². The van der Waals surface area contributed by atoms with Crippen LogP contribution in [0.25, 0.3) is 11.2 Å². The number of imidazole rings is 1. The summed E-state index contributed by atoms with van der Waals surface area (Å²) < 4.78 is 56.9. The van der Waals surface area contributed by atoms with Gasteiger partial charge in [-0.25, -0.2) is 24.1 Å². The molecule has 3 aliphatic rings. The summed E-state index contributed by atoms with van der Waals surface area (Å²) >= 11 is 8.28. The monoisotopic (exact) mass is 659 g/mol. The minimum atomic E-state index is -4.08. The summed E-state index contributed by atoms with van der Waals surface area (Å²) in [5.41, 5.74) is 12.5. The number of anilines is 1. The minimum Gasteiger partial charge on any atom is -0.387 e. The van der Waals surface area contributed by atoms with E-state index in [-0.39, 0.29) is 42.6 Å². The molecule has 42 heavy (non-hydrogen) atoms. The number of aliphatic hydroxyl groups excluding tert-OH is 1. The van der Waals surface area contributed by atoms with E-state index < -0.39 is 50.5 Å².